The first-order valence-corrected chi connectivity index (χ1v) is 6.15. The van der Waals surface area contributed by atoms with Gasteiger partial charge in [0.25, 0.3) is 0 Å². The number of ketones is 1. The summed E-state index contributed by atoms with van der Waals surface area (Å²) in [6, 6.07) is 12.8. The standard InChI is InChI=1S/C16H17NO2/c1-11-6-7-15(12(2)8-11)16(18)10-19-14-5-3-4-13(17)9-14/h3-9H,10,17H2,1-2H3. The number of hydrogen-bond donors (Lipinski definition) is 1. The van der Waals surface area contributed by atoms with Crippen LogP contribution in [0.2, 0.25) is 0 Å². The van der Waals surface area contributed by atoms with Crippen molar-refractivity contribution >= 4 is 11.5 Å². The largest absolute Gasteiger partial charge is 0.485 e. The van der Waals surface area contributed by atoms with Gasteiger partial charge in [0, 0.05) is 17.3 Å². The Balaban J connectivity index is 2.05. The van der Waals surface area contributed by atoms with Gasteiger partial charge in [-0.25, -0.2) is 0 Å². The van der Waals surface area contributed by atoms with Crippen LogP contribution in [0.5, 0.6) is 5.75 Å². The van der Waals surface area contributed by atoms with E-state index in [1.165, 1.54) is 0 Å². The van der Waals surface area contributed by atoms with Crippen LogP contribution < -0.4 is 10.5 Å². The molecule has 2 rings (SSSR count). The second kappa shape index (κ2) is 5.57. The van der Waals surface area contributed by atoms with Gasteiger partial charge in [-0.3, -0.25) is 4.79 Å². The van der Waals surface area contributed by atoms with E-state index in [9.17, 15) is 4.79 Å². The number of carbonyl (C=O) groups is 1. The first-order valence-electron chi connectivity index (χ1n) is 6.15. The van der Waals surface area contributed by atoms with Crippen LogP contribution in [0.25, 0.3) is 0 Å². The molecule has 0 unspecified atom stereocenters. The van der Waals surface area contributed by atoms with Gasteiger partial charge >= 0.3 is 0 Å². The van der Waals surface area contributed by atoms with Crippen LogP contribution in [0.15, 0.2) is 42.5 Å². The zero-order valence-corrected chi connectivity index (χ0v) is 11.1. The van der Waals surface area contributed by atoms with Crippen molar-refractivity contribution in [2.75, 3.05) is 12.3 Å². The summed E-state index contributed by atoms with van der Waals surface area (Å²) in [7, 11) is 0. The average molecular weight is 255 g/mol. The normalized spacial score (nSPS) is 10.2. The van der Waals surface area contributed by atoms with E-state index in [1.54, 1.807) is 24.3 Å². The minimum Gasteiger partial charge on any atom is -0.485 e. The van der Waals surface area contributed by atoms with Crippen molar-refractivity contribution < 1.29 is 9.53 Å². The number of carbonyl (C=O) groups excluding carboxylic acids is 1. The van der Waals surface area contributed by atoms with E-state index in [0.29, 0.717) is 17.0 Å². The summed E-state index contributed by atoms with van der Waals surface area (Å²) < 4.78 is 5.46. The van der Waals surface area contributed by atoms with Crippen molar-refractivity contribution in [3.05, 3.63) is 59.2 Å². The lowest BCUT2D eigenvalue weighted by atomic mass is 10.0. The summed E-state index contributed by atoms with van der Waals surface area (Å²) in [5.74, 6) is 0.582. The Morgan fingerprint density at radius 3 is 2.63 bits per heavy atom. The molecule has 0 aliphatic rings. The molecule has 0 fully saturated rings. The molecule has 2 N–H and O–H groups in total. The average Bonchev–Trinajstić information content (AvgIpc) is 2.36. The molecule has 0 radical (unpaired) electrons. The first kappa shape index (κ1) is 13.1. The van der Waals surface area contributed by atoms with Gasteiger partial charge in [-0.15, -0.1) is 0 Å². The van der Waals surface area contributed by atoms with Gasteiger partial charge in [0.15, 0.2) is 12.4 Å². The van der Waals surface area contributed by atoms with Gasteiger partial charge in [0.2, 0.25) is 0 Å². The Labute approximate surface area is 113 Å². The molecule has 0 amide bonds. The van der Waals surface area contributed by atoms with Gasteiger partial charge in [-0.05, 0) is 31.5 Å². The van der Waals surface area contributed by atoms with Crippen LogP contribution in [-0.2, 0) is 0 Å². The molecule has 0 atom stereocenters. The van der Waals surface area contributed by atoms with E-state index >= 15 is 0 Å². The number of aryl methyl sites for hydroxylation is 2. The summed E-state index contributed by atoms with van der Waals surface area (Å²) in [6.45, 7) is 3.96. The Morgan fingerprint density at radius 1 is 1.16 bits per heavy atom. The molecule has 0 saturated heterocycles. The van der Waals surface area contributed by atoms with Crippen molar-refractivity contribution in [3.8, 4) is 5.75 Å². The van der Waals surface area contributed by atoms with Gasteiger partial charge in [0.1, 0.15) is 5.75 Å². The van der Waals surface area contributed by atoms with E-state index < -0.39 is 0 Å². The fourth-order valence-corrected chi connectivity index (χ4v) is 1.96. The molecule has 0 aliphatic carbocycles. The highest BCUT2D eigenvalue weighted by molar-refractivity contribution is 5.98. The lowest BCUT2D eigenvalue weighted by Gasteiger charge is -2.08. The maximum Gasteiger partial charge on any atom is 0.200 e. The number of rotatable bonds is 4. The number of nitrogen functional groups attached to an aromatic ring is 1. The predicted octanol–water partition coefficient (Wildman–Crippen LogP) is 3.15. The smallest absolute Gasteiger partial charge is 0.200 e. The molecule has 2 aromatic rings. The topological polar surface area (TPSA) is 52.3 Å². The van der Waals surface area contributed by atoms with E-state index in [0.717, 1.165) is 11.1 Å². The zero-order valence-electron chi connectivity index (χ0n) is 11.1. The zero-order chi connectivity index (χ0) is 13.8. The van der Waals surface area contributed by atoms with Gasteiger partial charge in [-0.1, -0.05) is 29.8 Å². The molecule has 0 heterocycles. The number of hydrogen-bond acceptors (Lipinski definition) is 3. The summed E-state index contributed by atoms with van der Waals surface area (Å²) >= 11 is 0. The summed E-state index contributed by atoms with van der Waals surface area (Å²) in [5, 5.41) is 0. The molecule has 98 valence electrons. The highest BCUT2D eigenvalue weighted by atomic mass is 16.5. The summed E-state index contributed by atoms with van der Waals surface area (Å²) in [5.41, 5.74) is 9.09. The molecule has 0 spiro atoms. The van der Waals surface area contributed by atoms with E-state index in [4.69, 9.17) is 10.5 Å². The fraction of sp³-hybridized carbons (Fsp3) is 0.188. The molecule has 3 nitrogen and oxygen atoms in total. The minimum atomic E-state index is -0.0278. The third-order valence-corrected chi connectivity index (χ3v) is 2.91. The van der Waals surface area contributed by atoms with Crippen molar-refractivity contribution in [2.24, 2.45) is 0 Å². The number of nitrogens with two attached hydrogens (primary N) is 1. The SMILES string of the molecule is Cc1ccc(C(=O)COc2cccc(N)c2)c(C)c1. The number of ether oxygens (including phenoxy) is 1. The minimum absolute atomic E-state index is 0.0212. The molecular formula is C16H17NO2. The Hall–Kier alpha value is -2.29. The summed E-state index contributed by atoms with van der Waals surface area (Å²) in [6.07, 6.45) is 0. The van der Waals surface area contributed by atoms with Gasteiger partial charge in [-0.2, -0.15) is 0 Å². The third-order valence-electron chi connectivity index (χ3n) is 2.91. The van der Waals surface area contributed by atoms with E-state index in [2.05, 4.69) is 0 Å². The Kier molecular flexibility index (Phi) is 3.85. The van der Waals surface area contributed by atoms with E-state index in [-0.39, 0.29) is 12.4 Å². The third kappa shape index (κ3) is 3.35. The number of Topliss-reactive ketones (excluding diaryl/α,β-unsaturated/α-hetero) is 1. The lowest BCUT2D eigenvalue weighted by Crippen LogP contribution is -2.13. The molecule has 0 aromatic heterocycles. The van der Waals surface area contributed by atoms with Crippen LogP contribution in [0.3, 0.4) is 0 Å². The second-order valence-electron chi connectivity index (χ2n) is 4.60. The molecule has 0 bridgehead atoms. The maximum absolute atomic E-state index is 12.1. The monoisotopic (exact) mass is 255 g/mol. The second-order valence-corrected chi connectivity index (χ2v) is 4.60. The molecule has 2 aromatic carbocycles. The van der Waals surface area contributed by atoms with Gasteiger partial charge < -0.3 is 10.5 Å². The van der Waals surface area contributed by atoms with Crippen molar-refractivity contribution in [1.82, 2.24) is 0 Å². The number of anilines is 1. The highest BCUT2D eigenvalue weighted by Crippen LogP contribution is 2.16. The van der Waals surface area contributed by atoms with Crippen molar-refractivity contribution in [3.63, 3.8) is 0 Å². The maximum atomic E-state index is 12.1. The summed E-state index contributed by atoms with van der Waals surface area (Å²) in [4.78, 5) is 12.1. The lowest BCUT2D eigenvalue weighted by molar-refractivity contribution is 0.0921. The molecule has 0 saturated carbocycles. The first-order chi connectivity index (χ1) is 9.06. The van der Waals surface area contributed by atoms with Crippen molar-refractivity contribution in [1.29, 1.82) is 0 Å². The van der Waals surface area contributed by atoms with Crippen molar-refractivity contribution in [2.45, 2.75) is 13.8 Å². The van der Waals surface area contributed by atoms with Crippen LogP contribution in [0.1, 0.15) is 21.5 Å². The molecule has 3 heteroatoms. The molecule has 19 heavy (non-hydrogen) atoms. The van der Waals surface area contributed by atoms with Crippen LogP contribution in [0.4, 0.5) is 5.69 Å². The quantitative estimate of drug-likeness (QED) is 0.674. The highest BCUT2D eigenvalue weighted by Gasteiger charge is 2.09. The predicted molar refractivity (Wildman–Crippen MR) is 76.6 cm³/mol. The van der Waals surface area contributed by atoms with Crippen LogP contribution in [-0.4, -0.2) is 12.4 Å². The Bertz CT molecular complexity index is 605. The molecular weight excluding hydrogens is 238 g/mol. The fourth-order valence-electron chi connectivity index (χ4n) is 1.96. The van der Waals surface area contributed by atoms with Crippen LogP contribution >= 0.6 is 0 Å². The van der Waals surface area contributed by atoms with Gasteiger partial charge in [0.05, 0.1) is 0 Å². The molecule has 0 aliphatic heterocycles. The van der Waals surface area contributed by atoms with E-state index in [1.807, 2.05) is 32.0 Å². The Morgan fingerprint density at radius 2 is 1.95 bits per heavy atom. The van der Waals surface area contributed by atoms with Crippen LogP contribution in [0, 0.1) is 13.8 Å². The number of benzene rings is 2.